The van der Waals surface area contributed by atoms with E-state index in [2.05, 4.69) is 22.4 Å². The van der Waals surface area contributed by atoms with Crippen molar-refractivity contribution < 1.29 is 26.0 Å². The first-order valence-corrected chi connectivity index (χ1v) is 13.9. The highest BCUT2D eigenvalue weighted by molar-refractivity contribution is 7.90. The third-order valence-electron chi connectivity index (χ3n) is 5.66. The molecule has 0 atom stereocenters. The van der Waals surface area contributed by atoms with E-state index in [9.17, 15) is 21.6 Å². The van der Waals surface area contributed by atoms with Crippen molar-refractivity contribution in [2.45, 2.75) is 29.6 Å². The molecule has 180 valence electrons. The average Bonchev–Trinajstić information content (AvgIpc) is 3.27. The number of sulfonamides is 1. The lowest BCUT2D eigenvalue weighted by atomic mass is 10.0. The van der Waals surface area contributed by atoms with Gasteiger partial charge in [-0.25, -0.2) is 16.8 Å². The molecule has 3 aromatic rings. The Bertz CT molecular complexity index is 1410. The summed E-state index contributed by atoms with van der Waals surface area (Å²) in [6.07, 6.45) is 2.71. The first kappa shape index (κ1) is 24.0. The zero-order valence-corrected chi connectivity index (χ0v) is 20.3. The lowest BCUT2D eigenvalue weighted by Gasteiger charge is -2.29. The minimum atomic E-state index is -3.62. The Labute approximate surface area is 198 Å². The molecule has 0 radical (unpaired) electrons. The maximum Gasteiger partial charge on any atom is 0.322 e. The van der Waals surface area contributed by atoms with Gasteiger partial charge in [-0.1, -0.05) is 24.2 Å². The highest BCUT2D eigenvalue weighted by Gasteiger charge is 2.28. The van der Waals surface area contributed by atoms with Crippen LogP contribution >= 0.6 is 0 Å². The number of piperidine rings is 1. The second-order valence-electron chi connectivity index (χ2n) is 8.25. The summed E-state index contributed by atoms with van der Waals surface area (Å²) in [6.45, 7) is 3.07. The minimum Gasteiger partial charge on any atom is -0.403 e. The number of amides is 1. The molecule has 2 aromatic carbocycles. The minimum absolute atomic E-state index is 0.0245. The van der Waals surface area contributed by atoms with Crippen LogP contribution in [0.2, 0.25) is 0 Å². The first-order chi connectivity index (χ1) is 16.1. The molecule has 0 spiro atoms. The Morgan fingerprint density at radius 2 is 1.65 bits per heavy atom. The van der Waals surface area contributed by atoms with Gasteiger partial charge in [-0.3, -0.25) is 10.1 Å². The number of nitrogens with one attached hydrogen (secondary N) is 1. The van der Waals surface area contributed by atoms with Crippen LogP contribution in [0.4, 0.5) is 6.01 Å². The topological polar surface area (TPSA) is 140 Å². The van der Waals surface area contributed by atoms with Gasteiger partial charge in [-0.05, 0) is 55.2 Å². The van der Waals surface area contributed by atoms with E-state index in [0.29, 0.717) is 19.0 Å². The van der Waals surface area contributed by atoms with E-state index in [-0.39, 0.29) is 32.8 Å². The molecular weight excluding hydrogens is 480 g/mol. The van der Waals surface area contributed by atoms with Crippen molar-refractivity contribution in [2.24, 2.45) is 5.92 Å². The average molecular weight is 505 g/mol. The van der Waals surface area contributed by atoms with Gasteiger partial charge in [0.2, 0.25) is 10.0 Å². The fourth-order valence-corrected chi connectivity index (χ4v) is 6.02. The molecule has 1 aliphatic heterocycles. The molecule has 1 aromatic heterocycles. The number of hydrogen-bond acceptors (Lipinski definition) is 8. The quantitative estimate of drug-likeness (QED) is 0.540. The maximum atomic E-state index is 12.9. The SMILES string of the molecule is CC1CCN(S(=O)(=O)c2ccc(C(=O)Nc3nnc(-c4ccccc4S(C)(=O)=O)o3)cc2)CC1. The molecule has 1 amide bonds. The van der Waals surface area contributed by atoms with Crippen molar-refractivity contribution in [3.8, 4) is 11.5 Å². The zero-order chi connectivity index (χ0) is 24.5. The summed E-state index contributed by atoms with van der Waals surface area (Å²) < 4.78 is 56.6. The first-order valence-electron chi connectivity index (χ1n) is 10.6. The summed E-state index contributed by atoms with van der Waals surface area (Å²) in [5.41, 5.74) is 0.419. The number of carbonyl (C=O) groups is 1. The molecule has 0 bridgehead atoms. The fraction of sp³-hybridized carbons (Fsp3) is 0.318. The zero-order valence-electron chi connectivity index (χ0n) is 18.6. The van der Waals surface area contributed by atoms with Crippen LogP contribution in [-0.4, -0.2) is 56.6 Å². The number of carbonyl (C=O) groups excluding carboxylic acids is 1. The van der Waals surface area contributed by atoms with E-state index in [0.717, 1.165) is 19.1 Å². The molecule has 12 heteroatoms. The molecule has 0 unspecified atom stereocenters. The lowest BCUT2D eigenvalue weighted by molar-refractivity contribution is 0.102. The Balaban J connectivity index is 1.48. The summed E-state index contributed by atoms with van der Waals surface area (Å²) in [7, 11) is -7.15. The Hall–Kier alpha value is -3.09. The number of sulfone groups is 1. The second-order valence-corrected chi connectivity index (χ2v) is 12.2. The largest absolute Gasteiger partial charge is 0.403 e. The Morgan fingerprint density at radius 1 is 1.00 bits per heavy atom. The van der Waals surface area contributed by atoms with Gasteiger partial charge in [0.15, 0.2) is 9.84 Å². The van der Waals surface area contributed by atoms with E-state index in [1.807, 2.05) is 0 Å². The van der Waals surface area contributed by atoms with Crippen molar-refractivity contribution in [1.82, 2.24) is 14.5 Å². The molecule has 1 saturated heterocycles. The van der Waals surface area contributed by atoms with Crippen molar-refractivity contribution in [1.29, 1.82) is 0 Å². The predicted molar refractivity (Wildman–Crippen MR) is 124 cm³/mol. The van der Waals surface area contributed by atoms with Crippen molar-refractivity contribution in [3.05, 3.63) is 54.1 Å². The van der Waals surface area contributed by atoms with E-state index < -0.39 is 25.8 Å². The molecule has 1 fully saturated rings. The number of rotatable bonds is 6. The van der Waals surface area contributed by atoms with Gasteiger partial charge < -0.3 is 4.42 Å². The van der Waals surface area contributed by atoms with Gasteiger partial charge in [0.05, 0.1) is 15.4 Å². The predicted octanol–water partition coefficient (Wildman–Crippen LogP) is 2.81. The van der Waals surface area contributed by atoms with Crippen molar-refractivity contribution in [3.63, 3.8) is 0 Å². The van der Waals surface area contributed by atoms with Gasteiger partial charge in [-0.2, -0.15) is 4.31 Å². The molecular formula is C22H24N4O6S2. The Morgan fingerprint density at radius 3 is 2.29 bits per heavy atom. The van der Waals surface area contributed by atoms with E-state index in [4.69, 9.17) is 4.42 Å². The van der Waals surface area contributed by atoms with Gasteiger partial charge in [0.1, 0.15) is 0 Å². The number of anilines is 1. The van der Waals surface area contributed by atoms with E-state index >= 15 is 0 Å². The lowest BCUT2D eigenvalue weighted by Crippen LogP contribution is -2.37. The van der Waals surface area contributed by atoms with Crippen LogP contribution in [0.5, 0.6) is 0 Å². The maximum absolute atomic E-state index is 12.9. The fourth-order valence-electron chi connectivity index (χ4n) is 3.67. The third kappa shape index (κ3) is 5.03. The number of benzene rings is 2. The van der Waals surface area contributed by atoms with Gasteiger partial charge in [0.25, 0.3) is 11.8 Å². The summed E-state index contributed by atoms with van der Waals surface area (Å²) in [4.78, 5) is 12.7. The Kier molecular flexibility index (Phi) is 6.56. The summed E-state index contributed by atoms with van der Waals surface area (Å²) >= 11 is 0. The van der Waals surface area contributed by atoms with Gasteiger partial charge >= 0.3 is 6.01 Å². The van der Waals surface area contributed by atoms with Crippen LogP contribution in [0.1, 0.15) is 30.1 Å². The van der Waals surface area contributed by atoms with E-state index in [1.54, 1.807) is 12.1 Å². The monoisotopic (exact) mass is 504 g/mol. The molecule has 0 saturated carbocycles. The summed E-state index contributed by atoms with van der Waals surface area (Å²) in [5.74, 6) is -0.140. The van der Waals surface area contributed by atoms with Gasteiger partial charge in [-0.15, -0.1) is 5.10 Å². The molecule has 10 nitrogen and oxygen atoms in total. The van der Waals surface area contributed by atoms with Crippen LogP contribution < -0.4 is 5.32 Å². The van der Waals surface area contributed by atoms with Crippen LogP contribution in [0.25, 0.3) is 11.5 Å². The number of hydrogen-bond donors (Lipinski definition) is 1. The summed E-state index contributed by atoms with van der Waals surface area (Å²) in [5, 5.41) is 10.0. The van der Waals surface area contributed by atoms with Crippen LogP contribution in [0.15, 0.2) is 62.7 Å². The third-order valence-corrected chi connectivity index (χ3v) is 8.73. The molecule has 4 rings (SSSR count). The highest BCUT2D eigenvalue weighted by Crippen LogP contribution is 2.27. The normalized spacial score (nSPS) is 15.8. The molecule has 0 aliphatic carbocycles. The van der Waals surface area contributed by atoms with E-state index in [1.165, 1.54) is 40.7 Å². The second kappa shape index (κ2) is 9.28. The summed E-state index contributed by atoms with van der Waals surface area (Å²) in [6, 6.07) is 11.5. The number of aromatic nitrogens is 2. The number of nitrogens with zero attached hydrogens (tertiary/aromatic N) is 3. The molecule has 34 heavy (non-hydrogen) atoms. The van der Waals surface area contributed by atoms with Gasteiger partial charge in [0, 0.05) is 24.9 Å². The smallest absolute Gasteiger partial charge is 0.322 e. The molecule has 1 N–H and O–H groups in total. The van der Waals surface area contributed by atoms with Crippen LogP contribution in [-0.2, 0) is 19.9 Å². The van der Waals surface area contributed by atoms with Crippen molar-refractivity contribution >= 4 is 31.8 Å². The highest BCUT2D eigenvalue weighted by atomic mass is 32.2. The standard InChI is InChI=1S/C22H24N4O6S2/c1-15-11-13-26(14-12-15)34(30,31)17-9-7-16(8-10-17)20(27)23-22-25-24-21(32-22)18-5-3-4-6-19(18)33(2,28)29/h3-10,15H,11-14H2,1-2H3,(H,23,25,27). The van der Waals surface area contributed by atoms with Crippen molar-refractivity contribution in [2.75, 3.05) is 24.7 Å². The van der Waals surface area contributed by atoms with Crippen LogP contribution in [0, 0.1) is 5.92 Å². The molecule has 1 aliphatic rings. The molecule has 2 heterocycles. The van der Waals surface area contributed by atoms with Crippen LogP contribution in [0.3, 0.4) is 0 Å².